The second kappa shape index (κ2) is 10.7. The Morgan fingerprint density at radius 1 is 0.853 bits per heavy atom. The molecule has 2 saturated heterocycles. The number of hydrogen-bond acceptors (Lipinski definition) is 11. The standard InChI is InChI=1S/C21H24N6O7/c1-14-4-5-15(28)26(14)33-18(31)8-10-20(2,12-22)24-25-21(3,13-23)11-9-19(32)34-27-16(29)6-7-17(27)30/h1,4-11H2,2-3H3. The number of hydrogen-bond donors (Lipinski definition) is 0. The van der Waals surface area contributed by atoms with Crippen LogP contribution >= 0.6 is 0 Å². The molecule has 2 aliphatic heterocycles. The highest BCUT2D eigenvalue weighted by Crippen LogP contribution is 2.25. The van der Waals surface area contributed by atoms with E-state index in [1.807, 2.05) is 12.1 Å². The molecule has 13 heteroatoms. The largest absolute Gasteiger partial charge is 0.334 e. The van der Waals surface area contributed by atoms with Gasteiger partial charge in [-0.15, -0.1) is 10.1 Å². The van der Waals surface area contributed by atoms with Gasteiger partial charge in [0.05, 0.1) is 30.7 Å². The monoisotopic (exact) mass is 472 g/mol. The van der Waals surface area contributed by atoms with E-state index in [4.69, 9.17) is 9.68 Å². The van der Waals surface area contributed by atoms with Crippen molar-refractivity contribution in [2.24, 2.45) is 10.2 Å². The van der Waals surface area contributed by atoms with Crippen molar-refractivity contribution in [3.8, 4) is 12.1 Å². The molecule has 2 unspecified atom stereocenters. The summed E-state index contributed by atoms with van der Waals surface area (Å²) in [4.78, 5) is 68.5. The third-order valence-corrected chi connectivity index (χ3v) is 5.14. The molecule has 0 aromatic heterocycles. The first kappa shape index (κ1) is 26.1. The SMILES string of the molecule is C=C1CCC(=O)N1OC(=O)CCC(C)(C#N)N=NC(C)(C#N)CCC(=O)ON1C(=O)CCC1=O. The molecular formula is C21H24N6O7. The second-order valence-electron chi connectivity index (χ2n) is 8.23. The Bertz CT molecular complexity index is 914. The number of imide groups is 1. The Labute approximate surface area is 195 Å². The number of rotatable bonds is 10. The molecule has 0 spiro atoms. The third-order valence-electron chi connectivity index (χ3n) is 5.14. The summed E-state index contributed by atoms with van der Waals surface area (Å²) in [5, 5.41) is 28.1. The quantitative estimate of drug-likeness (QED) is 0.338. The molecular weight excluding hydrogens is 448 g/mol. The molecule has 0 N–H and O–H groups in total. The summed E-state index contributed by atoms with van der Waals surface area (Å²) in [5.41, 5.74) is -2.64. The first-order valence-electron chi connectivity index (χ1n) is 10.5. The Hall–Kier alpha value is -4.13. The Kier molecular flexibility index (Phi) is 8.19. The van der Waals surface area contributed by atoms with Crippen LogP contribution in [0.25, 0.3) is 0 Å². The van der Waals surface area contributed by atoms with Gasteiger partial charge in [0.25, 0.3) is 17.7 Å². The van der Waals surface area contributed by atoms with Crippen molar-refractivity contribution < 1.29 is 33.6 Å². The van der Waals surface area contributed by atoms with Crippen LogP contribution in [0.1, 0.15) is 65.2 Å². The van der Waals surface area contributed by atoms with Crippen LogP contribution in [0.3, 0.4) is 0 Å². The van der Waals surface area contributed by atoms with E-state index in [1.165, 1.54) is 13.8 Å². The molecule has 0 radical (unpaired) electrons. The minimum atomic E-state index is -1.52. The van der Waals surface area contributed by atoms with Crippen molar-refractivity contribution in [2.75, 3.05) is 0 Å². The van der Waals surface area contributed by atoms with E-state index in [0.717, 1.165) is 5.06 Å². The summed E-state index contributed by atoms with van der Waals surface area (Å²) in [6, 6.07) is 3.81. The molecule has 0 bridgehead atoms. The van der Waals surface area contributed by atoms with Crippen molar-refractivity contribution >= 4 is 29.7 Å². The summed E-state index contributed by atoms with van der Waals surface area (Å²) in [6.07, 6.45) is -0.369. The highest BCUT2D eigenvalue weighted by atomic mass is 16.7. The van der Waals surface area contributed by atoms with Crippen molar-refractivity contribution in [1.82, 2.24) is 10.1 Å². The molecule has 2 fully saturated rings. The van der Waals surface area contributed by atoms with Gasteiger partial charge in [0, 0.05) is 19.3 Å². The molecule has 2 heterocycles. The lowest BCUT2D eigenvalue weighted by Gasteiger charge is -2.20. The van der Waals surface area contributed by atoms with E-state index in [0.29, 0.717) is 17.2 Å². The number of nitrogens with zero attached hydrogens (tertiary/aromatic N) is 6. The van der Waals surface area contributed by atoms with Crippen molar-refractivity contribution in [2.45, 2.75) is 76.3 Å². The maximum absolute atomic E-state index is 12.1. The number of carbonyl (C=O) groups excluding carboxylic acids is 5. The van der Waals surface area contributed by atoms with E-state index in [-0.39, 0.29) is 50.9 Å². The van der Waals surface area contributed by atoms with Gasteiger partial charge in [-0.05, 0) is 33.1 Å². The van der Waals surface area contributed by atoms with Gasteiger partial charge in [-0.1, -0.05) is 6.58 Å². The smallest absolute Gasteiger partial charge is 0.333 e. The predicted molar refractivity (Wildman–Crippen MR) is 110 cm³/mol. The van der Waals surface area contributed by atoms with Crippen LogP contribution in [0.2, 0.25) is 0 Å². The zero-order valence-electron chi connectivity index (χ0n) is 18.9. The molecule has 2 atom stereocenters. The fourth-order valence-corrected chi connectivity index (χ4v) is 2.87. The molecule has 180 valence electrons. The average Bonchev–Trinajstić information content (AvgIpc) is 3.30. The molecule has 2 aliphatic rings. The van der Waals surface area contributed by atoms with Gasteiger partial charge in [-0.3, -0.25) is 14.4 Å². The summed E-state index contributed by atoms with van der Waals surface area (Å²) in [6.45, 7) is 6.42. The van der Waals surface area contributed by atoms with Gasteiger partial charge in [-0.2, -0.15) is 20.8 Å². The molecule has 0 aliphatic carbocycles. The normalized spacial score (nSPS) is 19.5. The molecule has 0 aromatic rings. The van der Waals surface area contributed by atoms with Gasteiger partial charge in [0.2, 0.25) is 0 Å². The van der Waals surface area contributed by atoms with Gasteiger partial charge in [0.1, 0.15) is 0 Å². The number of allylic oxidation sites excluding steroid dienone is 1. The lowest BCUT2D eigenvalue weighted by atomic mass is 9.97. The average molecular weight is 472 g/mol. The summed E-state index contributed by atoms with van der Waals surface area (Å²) < 4.78 is 0. The van der Waals surface area contributed by atoms with Crippen molar-refractivity contribution in [1.29, 1.82) is 10.5 Å². The van der Waals surface area contributed by atoms with Gasteiger partial charge >= 0.3 is 11.9 Å². The highest BCUT2D eigenvalue weighted by molar-refractivity contribution is 6.01. The van der Waals surface area contributed by atoms with E-state index in [2.05, 4.69) is 16.8 Å². The molecule has 0 aromatic carbocycles. The number of carbonyl (C=O) groups is 5. The maximum atomic E-state index is 12.1. The zero-order valence-corrected chi connectivity index (χ0v) is 18.9. The molecule has 2 rings (SSSR count). The number of nitriles is 2. The Morgan fingerprint density at radius 2 is 1.24 bits per heavy atom. The first-order chi connectivity index (χ1) is 15.9. The van der Waals surface area contributed by atoms with Crippen LogP contribution in [0.5, 0.6) is 0 Å². The molecule has 0 saturated carbocycles. The molecule has 13 nitrogen and oxygen atoms in total. The summed E-state index contributed by atoms with van der Waals surface area (Å²) >= 11 is 0. The predicted octanol–water partition coefficient (Wildman–Crippen LogP) is 1.77. The lowest BCUT2D eigenvalue weighted by Crippen LogP contribution is -2.33. The topological polar surface area (TPSA) is 183 Å². The summed E-state index contributed by atoms with van der Waals surface area (Å²) in [5.74, 6) is -3.29. The fourth-order valence-electron chi connectivity index (χ4n) is 2.87. The number of amides is 3. The second-order valence-corrected chi connectivity index (χ2v) is 8.23. The zero-order chi connectivity index (χ0) is 25.5. The highest BCUT2D eigenvalue weighted by Gasteiger charge is 2.35. The third kappa shape index (κ3) is 6.68. The molecule has 34 heavy (non-hydrogen) atoms. The van der Waals surface area contributed by atoms with Gasteiger partial charge in [0.15, 0.2) is 11.1 Å². The molecule has 3 amide bonds. The van der Waals surface area contributed by atoms with E-state index >= 15 is 0 Å². The number of azo groups is 1. The van der Waals surface area contributed by atoms with E-state index < -0.39 is 34.8 Å². The Balaban J connectivity index is 1.91. The Morgan fingerprint density at radius 3 is 1.62 bits per heavy atom. The minimum absolute atomic E-state index is 0.0420. The lowest BCUT2D eigenvalue weighted by molar-refractivity contribution is -0.197. The maximum Gasteiger partial charge on any atom is 0.333 e. The van der Waals surface area contributed by atoms with Crippen molar-refractivity contribution in [3.63, 3.8) is 0 Å². The van der Waals surface area contributed by atoms with Crippen LogP contribution < -0.4 is 0 Å². The van der Waals surface area contributed by atoms with Crippen molar-refractivity contribution in [3.05, 3.63) is 12.3 Å². The van der Waals surface area contributed by atoms with E-state index in [1.54, 1.807) is 0 Å². The van der Waals surface area contributed by atoms with Gasteiger partial charge < -0.3 is 9.68 Å². The van der Waals surface area contributed by atoms with Crippen LogP contribution in [-0.4, -0.2) is 50.9 Å². The van der Waals surface area contributed by atoms with Crippen LogP contribution in [-0.2, 0) is 33.6 Å². The number of hydroxylamine groups is 4. The fraction of sp³-hybridized carbons (Fsp3) is 0.571. The van der Waals surface area contributed by atoms with Crippen LogP contribution in [0.15, 0.2) is 22.5 Å². The summed E-state index contributed by atoms with van der Waals surface area (Å²) in [7, 11) is 0. The van der Waals surface area contributed by atoms with Crippen LogP contribution in [0.4, 0.5) is 0 Å². The van der Waals surface area contributed by atoms with Gasteiger partial charge in [-0.25, -0.2) is 9.59 Å². The van der Waals surface area contributed by atoms with Crippen LogP contribution in [0, 0.1) is 22.7 Å². The minimum Gasteiger partial charge on any atom is -0.334 e. The van der Waals surface area contributed by atoms with E-state index in [9.17, 15) is 34.5 Å². The first-order valence-corrected chi connectivity index (χ1v) is 10.5.